The second-order valence-corrected chi connectivity index (χ2v) is 4.45. The number of hydrogen-bond donors (Lipinski definition) is 1. The minimum absolute atomic E-state index is 0.134. The minimum atomic E-state index is -1.38. The van der Waals surface area contributed by atoms with Gasteiger partial charge in [-0.25, -0.2) is 4.79 Å². The highest BCUT2D eigenvalue weighted by Gasteiger charge is 2.27. The van der Waals surface area contributed by atoms with Crippen molar-refractivity contribution in [1.29, 1.82) is 0 Å². The summed E-state index contributed by atoms with van der Waals surface area (Å²) < 4.78 is 19.9. The van der Waals surface area contributed by atoms with E-state index in [1.165, 1.54) is 40.4 Å². The lowest BCUT2D eigenvalue weighted by atomic mass is 10.1. The molecule has 1 aromatic rings. The largest absolute Gasteiger partial charge is 0.493 e. The molecule has 1 atom stereocenters. The van der Waals surface area contributed by atoms with Crippen molar-refractivity contribution in [3.8, 4) is 17.2 Å². The molecule has 1 amide bonds. The van der Waals surface area contributed by atoms with E-state index in [0.29, 0.717) is 5.75 Å². The molecule has 0 aromatic heterocycles. The molecule has 0 spiro atoms. The standard InChI is InChI=1S/C15H19NO7/c1-8(17)12(15(19)23-5)16-14(18)9-6-10(20-2)13(22-4)11(7-9)21-3/h6-7,12H,1-5H3,(H,16,18). The first kappa shape index (κ1) is 18.3. The summed E-state index contributed by atoms with van der Waals surface area (Å²) in [6.07, 6.45) is 0. The first-order valence-electron chi connectivity index (χ1n) is 6.58. The maximum Gasteiger partial charge on any atom is 0.336 e. The predicted molar refractivity (Wildman–Crippen MR) is 80.0 cm³/mol. The Morgan fingerprint density at radius 3 is 1.83 bits per heavy atom. The number of carbonyl (C=O) groups excluding carboxylic acids is 3. The molecule has 126 valence electrons. The molecule has 23 heavy (non-hydrogen) atoms. The highest BCUT2D eigenvalue weighted by atomic mass is 16.5. The third kappa shape index (κ3) is 4.12. The van der Waals surface area contributed by atoms with Crippen molar-refractivity contribution in [2.24, 2.45) is 0 Å². The van der Waals surface area contributed by atoms with Gasteiger partial charge in [-0.15, -0.1) is 0 Å². The summed E-state index contributed by atoms with van der Waals surface area (Å²) in [5.41, 5.74) is 0.134. The van der Waals surface area contributed by atoms with E-state index in [1.807, 2.05) is 0 Å². The summed E-state index contributed by atoms with van der Waals surface area (Å²) in [7, 11) is 5.38. The van der Waals surface area contributed by atoms with Crippen LogP contribution in [0.1, 0.15) is 17.3 Å². The maximum atomic E-state index is 12.3. The van der Waals surface area contributed by atoms with E-state index in [2.05, 4.69) is 10.1 Å². The van der Waals surface area contributed by atoms with E-state index in [0.717, 1.165) is 7.11 Å². The van der Waals surface area contributed by atoms with Gasteiger partial charge in [0.15, 0.2) is 23.3 Å². The third-order valence-electron chi connectivity index (χ3n) is 3.05. The van der Waals surface area contributed by atoms with Gasteiger partial charge < -0.3 is 24.3 Å². The van der Waals surface area contributed by atoms with Crippen molar-refractivity contribution in [3.05, 3.63) is 17.7 Å². The number of nitrogens with one attached hydrogen (secondary N) is 1. The van der Waals surface area contributed by atoms with Gasteiger partial charge >= 0.3 is 5.97 Å². The third-order valence-corrected chi connectivity index (χ3v) is 3.05. The Hall–Kier alpha value is -2.77. The van der Waals surface area contributed by atoms with Gasteiger partial charge in [0.2, 0.25) is 5.75 Å². The summed E-state index contributed by atoms with van der Waals surface area (Å²) >= 11 is 0. The Morgan fingerprint density at radius 2 is 1.48 bits per heavy atom. The SMILES string of the molecule is COC(=O)C(NC(=O)c1cc(OC)c(OC)c(OC)c1)C(C)=O. The Labute approximate surface area is 133 Å². The van der Waals surface area contributed by atoms with Crippen LogP contribution >= 0.6 is 0 Å². The Bertz CT molecular complexity index is 587. The van der Waals surface area contributed by atoms with Crippen molar-refractivity contribution in [3.63, 3.8) is 0 Å². The molecular formula is C15H19NO7. The minimum Gasteiger partial charge on any atom is -0.493 e. The van der Waals surface area contributed by atoms with Gasteiger partial charge in [-0.3, -0.25) is 9.59 Å². The highest BCUT2D eigenvalue weighted by Crippen LogP contribution is 2.38. The zero-order valence-electron chi connectivity index (χ0n) is 13.6. The molecule has 0 heterocycles. The number of carbonyl (C=O) groups is 3. The lowest BCUT2D eigenvalue weighted by Gasteiger charge is -2.16. The van der Waals surface area contributed by atoms with Gasteiger partial charge in [-0.2, -0.15) is 0 Å². The molecule has 1 N–H and O–H groups in total. The molecule has 0 fully saturated rings. The van der Waals surface area contributed by atoms with Crippen molar-refractivity contribution >= 4 is 17.7 Å². The van der Waals surface area contributed by atoms with E-state index in [1.54, 1.807) is 0 Å². The quantitative estimate of drug-likeness (QED) is 0.578. The first-order chi connectivity index (χ1) is 10.9. The first-order valence-corrected chi connectivity index (χ1v) is 6.58. The van der Waals surface area contributed by atoms with Crippen LogP contribution in [-0.4, -0.2) is 52.1 Å². The summed E-state index contributed by atoms with van der Waals surface area (Å²) in [6.45, 7) is 1.18. The molecule has 0 aliphatic carbocycles. The molecule has 0 bridgehead atoms. The number of rotatable bonds is 7. The lowest BCUT2D eigenvalue weighted by Crippen LogP contribution is -2.46. The summed E-state index contributed by atoms with van der Waals surface area (Å²) in [6, 6.07) is 1.43. The average molecular weight is 325 g/mol. The van der Waals surface area contributed by atoms with E-state index in [4.69, 9.17) is 14.2 Å². The van der Waals surface area contributed by atoms with Crippen LogP contribution in [0.4, 0.5) is 0 Å². The number of benzene rings is 1. The van der Waals surface area contributed by atoms with Gasteiger partial charge in [0.1, 0.15) is 0 Å². The second-order valence-electron chi connectivity index (χ2n) is 4.45. The smallest absolute Gasteiger partial charge is 0.336 e. The average Bonchev–Trinajstić information content (AvgIpc) is 2.56. The summed E-state index contributed by atoms with van der Waals surface area (Å²) in [5.74, 6) is -1.18. The molecule has 1 unspecified atom stereocenters. The Balaban J connectivity index is 3.17. The summed E-state index contributed by atoms with van der Waals surface area (Å²) in [5, 5.41) is 2.31. The molecule has 0 aliphatic rings. The number of amides is 1. The zero-order valence-corrected chi connectivity index (χ0v) is 13.6. The van der Waals surface area contributed by atoms with E-state index < -0.39 is 23.7 Å². The van der Waals surface area contributed by atoms with Crippen LogP contribution < -0.4 is 19.5 Å². The van der Waals surface area contributed by atoms with Crippen LogP contribution in [-0.2, 0) is 14.3 Å². The lowest BCUT2D eigenvalue weighted by molar-refractivity contribution is -0.145. The normalized spacial score (nSPS) is 11.2. The fraction of sp³-hybridized carbons (Fsp3) is 0.400. The van der Waals surface area contributed by atoms with Crippen LogP contribution in [0.3, 0.4) is 0 Å². The molecular weight excluding hydrogens is 306 g/mol. The number of hydrogen-bond acceptors (Lipinski definition) is 7. The fourth-order valence-corrected chi connectivity index (χ4v) is 1.87. The van der Waals surface area contributed by atoms with E-state index >= 15 is 0 Å². The van der Waals surface area contributed by atoms with E-state index in [-0.39, 0.29) is 17.1 Å². The van der Waals surface area contributed by atoms with Crippen LogP contribution in [0.25, 0.3) is 0 Å². The fourth-order valence-electron chi connectivity index (χ4n) is 1.87. The maximum absolute atomic E-state index is 12.3. The second kappa shape index (κ2) is 8.02. The van der Waals surface area contributed by atoms with Crippen molar-refractivity contribution in [2.45, 2.75) is 13.0 Å². The molecule has 1 aromatic carbocycles. The monoisotopic (exact) mass is 325 g/mol. The van der Waals surface area contributed by atoms with Crippen LogP contribution in [0.2, 0.25) is 0 Å². The number of Topliss-reactive ketones (excluding diaryl/α,β-unsaturated/α-hetero) is 1. The van der Waals surface area contributed by atoms with Gasteiger partial charge in [0, 0.05) is 5.56 Å². The van der Waals surface area contributed by atoms with Crippen LogP contribution in [0.5, 0.6) is 17.2 Å². The van der Waals surface area contributed by atoms with Gasteiger partial charge in [0.05, 0.1) is 28.4 Å². The molecule has 0 radical (unpaired) electrons. The van der Waals surface area contributed by atoms with Gasteiger partial charge in [-0.1, -0.05) is 0 Å². The highest BCUT2D eigenvalue weighted by molar-refractivity contribution is 6.07. The number of esters is 1. The van der Waals surface area contributed by atoms with Crippen LogP contribution in [0, 0.1) is 0 Å². The number of ketones is 1. The molecule has 8 nitrogen and oxygen atoms in total. The van der Waals surface area contributed by atoms with Crippen LogP contribution in [0.15, 0.2) is 12.1 Å². The Morgan fingerprint density at radius 1 is 0.957 bits per heavy atom. The van der Waals surface area contributed by atoms with Crippen molar-refractivity contribution in [2.75, 3.05) is 28.4 Å². The van der Waals surface area contributed by atoms with Crippen molar-refractivity contribution < 1.29 is 33.3 Å². The molecule has 0 saturated heterocycles. The van der Waals surface area contributed by atoms with Gasteiger partial charge in [-0.05, 0) is 19.1 Å². The summed E-state index contributed by atoms with van der Waals surface area (Å²) in [4.78, 5) is 35.3. The van der Waals surface area contributed by atoms with Gasteiger partial charge in [0.25, 0.3) is 5.91 Å². The number of ether oxygens (including phenoxy) is 4. The number of methoxy groups -OCH3 is 4. The molecule has 1 rings (SSSR count). The Kier molecular flexibility index (Phi) is 6.37. The molecule has 0 saturated carbocycles. The molecule has 8 heteroatoms. The predicted octanol–water partition coefficient (Wildman–Crippen LogP) is 0.573. The van der Waals surface area contributed by atoms with E-state index in [9.17, 15) is 14.4 Å². The zero-order chi connectivity index (χ0) is 17.6. The molecule has 0 aliphatic heterocycles. The topological polar surface area (TPSA) is 100 Å². The van der Waals surface area contributed by atoms with Crippen molar-refractivity contribution in [1.82, 2.24) is 5.32 Å².